The van der Waals surface area contributed by atoms with Gasteiger partial charge in [-0.25, -0.2) is 4.99 Å². The Bertz CT molecular complexity index is 678. The van der Waals surface area contributed by atoms with Gasteiger partial charge in [-0.15, -0.1) is 11.8 Å². The first-order valence-corrected chi connectivity index (χ1v) is 10.3. The first kappa shape index (κ1) is 18.8. The molecule has 1 aromatic heterocycles. The number of benzene rings is 1. The molecule has 0 bridgehead atoms. The molecule has 1 saturated heterocycles. The third-order valence-electron chi connectivity index (χ3n) is 4.45. The largest absolute Gasteiger partial charge is 0.364 e. The van der Waals surface area contributed by atoms with Crippen molar-refractivity contribution < 1.29 is 4.52 Å². The number of aromatic nitrogens is 1. The molecule has 0 saturated carbocycles. The summed E-state index contributed by atoms with van der Waals surface area (Å²) >= 11 is 1.76. The number of rotatable bonds is 6. The van der Waals surface area contributed by atoms with Gasteiger partial charge in [0.05, 0.1) is 12.2 Å². The smallest absolute Gasteiger partial charge is 0.194 e. The predicted octanol–water partition coefficient (Wildman–Crippen LogP) is 2.68. The molecule has 1 aliphatic rings. The molecule has 140 valence electrons. The summed E-state index contributed by atoms with van der Waals surface area (Å²) in [5, 5.41) is 7.43. The van der Waals surface area contributed by atoms with Crippen molar-refractivity contribution in [1.29, 1.82) is 0 Å². The van der Waals surface area contributed by atoms with Crippen molar-refractivity contribution in [2.24, 2.45) is 4.99 Å². The highest BCUT2D eigenvalue weighted by molar-refractivity contribution is 7.98. The van der Waals surface area contributed by atoms with E-state index in [2.05, 4.69) is 57.7 Å². The van der Waals surface area contributed by atoms with Crippen LogP contribution in [0.5, 0.6) is 0 Å². The Kier molecular flexibility index (Phi) is 6.96. The quantitative estimate of drug-likeness (QED) is 0.477. The zero-order chi connectivity index (χ0) is 18.2. The lowest BCUT2D eigenvalue weighted by Gasteiger charge is -2.36. The van der Waals surface area contributed by atoms with Crippen molar-refractivity contribution in [2.75, 3.05) is 39.0 Å². The normalized spacial score (nSPS) is 16.1. The van der Waals surface area contributed by atoms with Gasteiger partial charge >= 0.3 is 0 Å². The van der Waals surface area contributed by atoms with Crippen LogP contribution in [-0.4, -0.2) is 59.9 Å². The number of nitrogens with zero attached hydrogens (tertiary/aromatic N) is 4. The number of piperazine rings is 1. The zero-order valence-corrected chi connectivity index (χ0v) is 16.3. The third-order valence-corrected chi connectivity index (χ3v) is 5.20. The topological polar surface area (TPSA) is 56.9 Å². The van der Waals surface area contributed by atoms with E-state index in [1.165, 1.54) is 10.5 Å². The van der Waals surface area contributed by atoms with Crippen LogP contribution in [0.25, 0.3) is 0 Å². The average Bonchev–Trinajstić information content (AvgIpc) is 3.19. The SMILES string of the molecule is CCNC(=NCc1ccc(SC)cc1)N1CCN(Cc2ccon2)CC1. The summed E-state index contributed by atoms with van der Waals surface area (Å²) in [6, 6.07) is 10.6. The summed E-state index contributed by atoms with van der Waals surface area (Å²) in [6.45, 7) is 8.48. The molecule has 0 spiro atoms. The zero-order valence-electron chi connectivity index (χ0n) is 15.5. The molecule has 2 heterocycles. The van der Waals surface area contributed by atoms with E-state index < -0.39 is 0 Å². The van der Waals surface area contributed by atoms with E-state index in [4.69, 9.17) is 9.52 Å². The Morgan fingerprint density at radius 2 is 1.96 bits per heavy atom. The van der Waals surface area contributed by atoms with Crippen LogP contribution in [0.15, 0.2) is 51.0 Å². The van der Waals surface area contributed by atoms with Crippen LogP contribution >= 0.6 is 11.8 Å². The highest BCUT2D eigenvalue weighted by atomic mass is 32.2. The van der Waals surface area contributed by atoms with E-state index >= 15 is 0 Å². The molecule has 1 fully saturated rings. The highest BCUT2D eigenvalue weighted by Crippen LogP contribution is 2.15. The maximum atomic E-state index is 4.92. The van der Waals surface area contributed by atoms with E-state index in [1.807, 2.05) is 6.07 Å². The van der Waals surface area contributed by atoms with Gasteiger partial charge in [-0.2, -0.15) is 0 Å². The van der Waals surface area contributed by atoms with Gasteiger partial charge in [0.1, 0.15) is 6.26 Å². The lowest BCUT2D eigenvalue weighted by atomic mass is 10.2. The van der Waals surface area contributed by atoms with Gasteiger partial charge < -0.3 is 14.7 Å². The minimum absolute atomic E-state index is 0.705. The average molecular weight is 374 g/mol. The molecule has 0 amide bonds. The molecular formula is C19H27N5OS. The number of thioether (sulfide) groups is 1. The molecule has 1 N–H and O–H groups in total. The van der Waals surface area contributed by atoms with Gasteiger partial charge in [0.25, 0.3) is 0 Å². The fourth-order valence-corrected chi connectivity index (χ4v) is 3.40. The molecule has 0 aliphatic carbocycles. The van der Waals surface area contributed by atoms with Crippen molar-refractivity contribution >= 4 is 17.7 Å². The summed E-state index contributed by atoms with van der Waals surface area (Å²) in [6.07, 6.45) is 3.73. The van der Waals surface area contributed by atoms with Gasteiger partial charge in [-0.1, -0.05) is 17.3 Å². The van der Waals surface area contributed by atoms with E-state index in [-0.39, 0.29) is 0 Å². The molecule has 1 aliphatic heterocycles. The maximum absolute atomic E-state index is 4.92. The van der Waals surface area contributed by atoms with E-state index in [1.54, 1.807) is 18.0 Å². The monoisotopic (exact) mass is 373 g/mol. The molecule has 6 nitrogen and oxygen atoms in total. The van der Waals surface area contributed by atoms with E-state index in [9.17, 15) is 0 Å². The molecule has 0 radical (unpaired) electrons. The second-order valence-corrected chi connectivity index (χ2v) is 7.15. The summed E-state index contributed by atoms with van der Waals surface area (Å²) in [7, 11) is 0. The van der Waals surface area contributed by atoms with Gasteiger partial charge in [0, 0.05) is 50.2 Å². The van der Waals surface area contributed by atoms with Crippen molar-refractivity contribution in [2.45, 2.75) is 24.9 Å². The van der Waals surface area contributed by atoms with E-state index in [0.29, 0.717) is 6.54 Å². The van der Waals surface area contributed by atoms with Crippen LogP contribution < -0.4 is 5.32 Å². The number of guanidine groups is 1. The molecule has 26 heavy (non-hydrogen) atoms. The Balaban J connectivity index is 1.55. The lowest BCUT2D eigenvalue weighted by molar-refractivity contribution is 0.169. The fraction of sp³-hybridized carbons (Fsp3) is 0.474. The van der Waals surface area contributed by atoms with Crippen LogP contribution in [0.2, 0.25) is 0 Å². The maximum Gasteiger partial charge on any atom is 0.194 e. The molecule has 0 unspecified atom stereocenters. The molecular weight excluding hydrogens is 346 g/mol. The minimum Gasteiger partial charge on any atom is -0.364 e. The van der Waals surface area contributed by atoms with Crippen molar-refractivity contribution in [3.8, 4) is 0 Å². The van der Waals surface area contributed by atoms with Crippen LogP contribution in [0, 0.1) is 0 Å². The van der Waals surface area contributed by atoms with Gasteiger partial charge in [-0.05, 0) is 30.9 Å². The lowest BCUT2D eigenvalue weighted by Crippen LogP contribution is -2.52. The highest BCUT2D eigenvalue weighted by Gasteiger charge is 2.20. The number of aliphatic imine (C=N–C) groups is 1. The summed E-state index contributed by atoms with van der Waals surface area (Å²) in [4.78, 5) is 10.9. The Hall–Kier alpha value is -1.99. The predicted molar refractivity (Wildman–Crippen MR) is 106 cm³/mol. The first-order chi connectivity index (χ1) is 12.8. The van der Waals surface area contributed by atoms with Crippen LogP contribution in [0.4, 0.5) is 0 Å². The van der Waals surface area contributed by atoms with Crippen molar-refractivity contribution in [1.82, 2.24) is 20.3 Å². The third kappa shape index (κ3) is 5.25. The molecule has 1 aromatic carbocycles. The Morgan fingerprint density at radius 3 is 2.58 bits per heavy atom. The summed E-state index contributed by atoms with van der Waals surface area (Å²) < 4.78 is 4.92. The molecule has 0 atom stereocenters. The second-order valence-electron chi connectivity index (χ2n) is 6.27. The summed E-state index contributed by atoms with van der Waals surface area (Å²) in [5.74, 6) is 1.00. The Labute approximate surface area is 159 Å². The number of hydrogen-bond donors (Lipinski definition) is 1. The second kappa shape index (κ2) is 9.64. The molecule has 7 heteroatoms. The van der Waals surface area contributed by atoms with Gasteiger partial charge in [0.15, 0.2) is 5.96 Å². The standard InChI is InChI=1S/C19H27N5OS/c1-3-20-19(21-14-16-4-6-18(26-2)7-5-16)24-11-9-23(10-12-24)15-17-8-13-25-22-17/h4-8,13H,3,9-12,14-15H2,1-2H3,(H,20,21). The number of nitrogens with one attached hydrogen (secondary N) is 1. The Morgan fingerprint density at radius 1 is 1.19 bits per heavy atom. The van der Waals surface area contributed by atoms with Crippen molar-refractivity contribution in [3.05, 3.63) is 47.9 Å². The van der Waals surface area contributed by atoms with Crippen LogP contribution in [0.1, 0.15) is 18.2 Å². The first-order valence-electron chi connectivity index (χ1n) is 9.06. The molecule has 2 aromatic rings. The number of hydrogen-bond acceptors (Lipinski definition) is 5. The van der Waals surface area contributed by atoms with Crippen LogP contribution in [-0.2, 0) is 13.1 Å². The van der Waals surface area contributed by atoms with Gasteiger partial charge in [0.2, 0.25) is 0 Å². The van der Waals surface area contributed by atoms with Crippen molar-refractivity contribution in [3.63, 3.8) is 0 Å². The van der Waals surface area contributed by atoms with Crippen LogP contribution in [0.3, 0.4) is 0 Å². The minimum atomic E-state index is 0.705. The van der Waals surface area contributed by atoms with E-state index in [0.717, 1.165) is 50.9 Å². The molecule has 3 rings (SSSR count). The fourth-order valence-electron chi connectivity index (χ4n) is 2.99. The summed E-state index contributed by atoms with van der Waals surface area (Å²) in [5.41, 5.74) is 2.23. The van der Waals surface area contributed by atoms with Gasteiger partial charge in [-0.3, -0.25) is 4.90 Å².